The second-order valence-corrected chi connectivity index (χ2v) is 7.64. The third-order valence-corrected chi connectivity index (χ3v) is 5.07. The first kappa shape index (κ1) is 25.5. The van der Waals surface area contributed by atoms with Crippen LogP contribution in [0, 0.1) is 0 Å². The molecule has 0 bridgehead atoms. The minimum absolute atomic E-state index is 0.112. The number of carbonyl (C=O) groups is 2. The van der Waals surface area contributed by atoms with E-state index in [1.165, 1.54) is 60.7 Å². The quantitative estimate of drug-likeness (QED) is 0.106. The normalized spacial score (nSPS) is 12.1. The fraction of sp³-hybridized carbons (Fsp3) is 0.0769. The van der Waals surface area contributed by atoms with Gasteiger partial charge in [-0.25, -0.2) is 9.59 Å². The van der Waals surface area contributed by atoms with Crippen LogP contribution in [0.5, 0.6) is 34.5 Å². The Kier molecular flexibility index (Phi) is 7.70. The number of hydrogen-bond acceptors (Lipinski definition) is 9. The summed E-state index contributed by atoms with van der Waals surface area (Å²) in [6, 6.07) is 10.4. The van der Waals surface area contributed by atoms with Crippen molar-refractivity contribution < 1.29 is 50.1 Å². The van der Waals surface area contributed by atoms with Crippen LogP contribution < -0.4 is 0 Å². The Morgan fingerprint density at radius 3 is 2.03 bits per heavy atom. The van der Waals surface area contributed by atoms with Crippen LogP contribution in [0.15, 0.2) is 54.6 Å². The first-order valence-corrected chi connectivity index (χ1v) is 10.4. The molecule has 0 aliphatic rings. The van der Waals surface area contributed by atoms with Crippen molar-refractivity contribution in [2.24, 2.45) is 0 Å². The minimum Gasteiger partial charge on any atom is -0.504 e. The summed E-state index contributed by atoms with van der Waals surface area (Å²) in [7, 11) is 0. The number of carboxylic acids is 1. The molecule has 0 saturated heterocycles. The Labute approximate surface area is 204 Å². The van der Waals surface area contributed by atoms with E-state index in [0.717, 1.165) is 12.1 Å². The molecule has 10 heteroatoms. The molecule has 0 aliphatic heterocycles. The predicted octanol–water partition coefficient (Wildman–Crippen LogP) is 3.34. The van der Waals surface area contributed by atoms with Gasteiger partial charge in [0.25, 0.3) is 0 Å². The number of hydrogen-bond donors (Lipinski definition) is 7. The molecule has 0 saturated carbocycles. The van der Waals surface area contributed by atoms with Crippen LogP contribution in [0.4, 0.5) is 0 Å². The number of benzene rings is 3. The second-order valence-electron chi connectivity index (χ2n) is 7.64. The van der Waals surface area contributed by atoms with E-state index in [9.17, 15) is 45.3 Å². The Morgan fingerprint density at radius 1 is 0.750 bits per heavy atom. The van der Waals surface area contributed by atoms with Crippen LogP contribution in [-0.2, 0) is 20.7 Å². The number of ether oxygens (including phenoxy) is 1. The van der Waals surface area contributed by atoms with Crippen molar-refractivity contribution in [1.82, 2.24) is 0 Å². The van der Waals surface area contributed by atoms with Gasteiger partial charge in [0.05, 0.1) is 0 Å². The molecule has 0 radical (unpaired) electrons. The number of carbonyl (C=O) groups excluding carboxylic acids is 1. The fourth-order valence-electron chi connectivity index (χ4n) is 3.18. The van der Waals surface area contributed by atoms with E-state index in [4.69, 9.17) is 4.74 Å². The van der Waals surface area contributed by atoms with Gasteiger partial charge in [-0.2, -0.15) is 0 Å². The van der Waals surface area contributed by atoms with Crippen molar-refractivity contribution in [3.05, 3.63) is 76.9 Å². The zero-order valence-electron chi connectivity index (χ0n) is 18.6. The molecule has 36 heavy (non-hydrogen) atoms. The molecule has 0 spiro atoms. The molecule has 0 fully saturated rings. The van der Waals surface area contributed by atoms with E-state index >= 15 is 0 Å². The van der Waals surface area contributed by atoms with Crippen LogP contribution in [0.1, 0.15) is 22.3 Å². The summed E-state index contributed by atoms with van der Waals surface area (Å²) in [6.45, 7) is 0. The van der Waals surface area contributed by atoms with E-state index in [1.54, 1.807) is 0 Å². The maximum absolute atomic E-state index is 12.3. The van der Waals surface area contributed by atoms with Crippen molar-refractivity contribution in [3.8, 4) is 34.5 Å². The van der Waals surface area contributed by atoms with Crippen molar-refractivity contribution in [3.63, 3.8) is 0 Å². The van der Waals surface area contributed by atoms with Crippen molar-refractivity contribution in [2.75, 3.05) is 0 Å². The summed E-state index contributed by atoms with van der Waals surface area (Å²) in [6.07, 6.45) is 3.23. The molecule has 0 aliphatic carbocycles. The molecule has 3 aromatic rings. The summed E-state index contributed by atoms with van der Waals surface area (Å²) in [5.41, 5.74) is 1.16. The van der Waals surface area contributed by atoms with Gasteiger partial charge in [-0.3, -0.25) is 0 Å². The first-order valence-electron chi connectivity index (χ1n) is 10.4. The van der Waals surface area contributed by atoms with Crippen LogP contribution in [0.25, 0.3) is 18.2 Å². The molecule has 10 nitrogen and oxygen atoms in total. The van der Waals surface area contributed by atoms with Gasteiger partial charge in [0.15, 0.2) is 34.5 Å². The summed E-state index contributed by atoms with van der Waals surface area (Å²) in [5.74, 6) is -4.82. The van der Waals surface area contributed by atoms with Crippen LogP contribution in [0.2, 0.25) is 0 Å². The third-order valence-electron chi connectivity index (χ3n) is 5.07. The molecular formula is C26H22O10. The van der Waals surface area contributed by atoms with Crippen molar-refractivity contribution in [1.29, 1.82) is 0 Å². The summed E-state index contributed by atoms with van der Waals surface area (Å²) in [4.78, 5) is 23.9. The predicted molar refractivity (Wildman–Crippen MR) is 128 cm³/mol. The van der Waals surface area contributed by atoms with Crippen LogP contribution >= 0.6 is 0 Å². The minimum atomic E-state index is -1.58. The fourth-order valence-corrected chi connectivity index (χ4v) is 3.18. The van der Waals surface area contributed by atoms with Gasteiger partial charge in [-0.1, -0.05) is 24.3 Å². The zero-order chi connectivity index (χ0) is 26.4. The number of phenols is 6. The third kappa shape index (κ3) is 6.26. The summed E-state index contributed by atoms with van der Waals surface area (Å²) >= 11 is 0. The monoisotopic (exact) mass is 494 g/mol. The maximum Gasteiger partial charge on any atom is 0.345 e. The van der Waals surface area contributed by atoms with Gasteiger partial charge in [0.2, 0.25) is 6.10 Å². The van der Waals surface area contributed by atoms with Gasteiger partial charge in [-0.05, 0) is 59.2 Å². The smallest absolute Gasteiger partial charge is 0.345 e. The number of aliphatic carboxylic acids is 1. The number of rotatable bonds is 8. The highest BCUT2D eigenvalue weighted by atomic mass is 16.6. The molecule has 0 heterocycles. The van der Waals surface area contributed by atoms with Crippen molar-refractivity contribution >= 4 is 30.2 Å². The average Bonchev–Trinajstić information content (AvgIpc) is 2.83. The van der Waals surface area contributed by atoms with Gasteiger partial charge in [0, 0.05) is 18.1 Å². The summed E-state index contributed by atoms with van der Waals surface area (Å²) < 4.78 is 5.00. The molecule has 0 amide bonds. The molecule has 0 unspecified atom stereocenters. The lowest BCUT2D eigenvalue weighted by Gasteiger charge is -2.13. The Balaban J connectivity index is 1.79. The molecule has 3 rings (SSSR count). The lowest BCUT2D eigenvalue weighted by Crippen LogP contribution is -2.28. The van der Waals surface area contributed by atoms with E-state index in [-0.39, 0.29) is 34.8 Å². The molecule has 186 valence electrons. The second kappa shape index (κ2) is 10.9. The van der Waals surface area contributed by atoms with Crippen LogP contribution in [0.3, 0.4) is 0 Å². The number of esters is 1. The summed E-state index contributed by atoms with van der Waals surface area (Å²) in [5, 5.41) is 67.5. The highest BCUT2D eigenvalue weighted by Crippen LogP contribution is 2.34. The lowest BCUT2D eigenvalue weighted by atomic mass is 10.0. The Bertz CT molecular complexity index is 1360. The van der Waals surface area contributed by atoms with Gasteiger partial charge in [-0.15, -0.1) is 0 Å². The Hall–Kier alpha value is -5.12. The van der Waals surface area contributed by atoms with E-state index in [1.807, 2.05) is 0 Å². The molecule has 0 aromatic heterocycles. The highest BCUT2D eigenvalue weighted by molar-refractivity contribution is 5.91. The van der Waals surface area contributed by atoms with E-state index in [2.05, 4.69) is 0 Å². The number of phenolic OH excluding ortho intramolecular Hbond substituents is 6. The first-order chi connectivity index (χ1) is 17.0. The molecule has 7 N–H and O–H groups in total. The van der Waals surface area contributed by atoms with Gasteiger partial charge < -0.3 is 40.5 Å². The van der Waals surface area contributed by atoms with E-state index < -0.39 is 35.3 Å². The van der Waals surface area contributed by atoms with E-state index in [0.29, 0.717) is 11.1 Å². The van der Waals surface area contributed by atoms with Crippen molar-refractivity contribution in [2.45, 2.75) is 12.5 Å². The number of carboxylic acid groups (broad SMARTS) is 1. The standard InChI is InChI=1S/C26H22O10/c27-18-7-2-14(11-21(18)30)1-6-17-16(4-9-20(29)25(17)33)5-10-24(32)36-23(26(34)35)13-15-3-8-19(28)22(31)12-15/h1-12,23,27-31,33H,13H2,(H,34,35)/b6-1+,10-5+/t23-/m0/s1. The average molecular weight is 494 g/mol. The number of aromatic hydroxyl groups is 6. The molecular weight excluding hydrogens is 472 g/mol. The highest BCUT2D eigenvalue weighted by Gasteiger charge is 2.22. The largest absolute Gasteiger partial charge is 0.504 e. The van der Waals surface area contributed by atoms with Gasteiger partial charge >= 0.3 is 11.9 Å². The Morgan fingerprint density at radius 2 is 1.39 bits per heavy atom. The topological polar surface area (TPSA) is 185 Å². The maximum atomic E-state index is 12.3. The van der Waals surface area contributed by atoms with Crippen LogP contribution in [-0.4, -0.2) is 53.8 Å². The zero-order valence-corrected chi connectivity index (χ0v) is 18.6. The van der Waals surface area contributed by atoms with Gasteiger partial charge in [0.1, 0.15) is 0 Å². The molecule has 1 atom stereocenters. The SMILES string of the molecule is O=C(/C=C/c1ccc(O)c(O)c1/C=C/c1ccc(O)c(O)c1)O[C@@H](Cc1ccc(O)c(O)c1)C(=O)O. The lowest BCUT2D eigenvalue weighted by molar-refractivity contribution is -0.160. The molecule has 3 aromatic carbocycles.